The first-order valence-electron chi connectivity index (χ1n) is 6.34. The number of nitrogens with two attached hydrogens (primary N) is 1. The second-order valence-corrected chi connectivity index (χ2v) is 5.01. The molecule has 1 heterocycles. The van der Waals surface area contributed by atoms with E-state index >= 15 is 0 Å². The van der Waals surface area contributed by atoms with Gasteiger partial charge in [0.25, 0.3) is 0 Å². The van der Waals surface area contributed by atoms with Crippen molar-refractivity contribution in [1.29, 1.82) is 0 Å². The highest BCUT2D eigenvalue weighted by Crippen LogP contribution is 2.25. The zero-order chi connectivity index (χ0) is 13.9. The van der Waals surface area contributed by atoms with Crippen molar-refractivity contribution in [3.05, 3.63) is 77.1 Å². The molecule has 3 aromatic rings. The Morgan fingerprint density at radius 1 is 0.950 bits per heavy atom. The second-order valence-electron chi connectivity index (χ2n) is 4.62. The van der Waals surface area contributed by atoms with Crippen LogP contribution in [0.2, 0.25) is 5.15 Å². The Morgan fingerprint density at radius 2 is 1.70 bits per heavy atom. The van der Waals surface area contributed by atoms with Crippen LogP contribution < -0.4 is 11.3 Å². The third-order valence-corrected chi connectivity index (χ3v) is 3.58. The highest BCUT2D eigenvalue weighted by atomic mass is 35.5. The highest BCUT2D eigenvalue weighted by Gasteiger charge is 2.13. The molecule has 20 heavy (non-hydrogen) atoms. The summed E-state index contributed by atoms with van der Waals surface area (Å²) < 4.78 is 0. The topological polar surface area (TPSA) is 50.9 Å². The molecule has 1 atom stereocenters. The van der Waals surface area contributed by atoms with E-state index in [2.05, 4.69) is 40.7 Å². The first kappa shape index (κ1) is 13.1. The molecule has 4 heteroatoms. The minimum absolute atomic E-state index is 0.107. The van der Waals surface area contributed by atoms with Gasteiger partial charge in [-0.3, -0.25) is 5.84 Å². The molecule has 0 saturated heterocycles. The van der Waals surface area contributed by atoms with Gasteiger partial charge in [-0.15, -0.1) is 0 Å². The van der Waals surface area contributed by atoms with Crippen molar-refractivity contribution in [2.75, 3.05) is 0 Å². The van der Waals surface area contributed by atoms with E-state index in [1.807, 2.05) is 18.2 Å². The van der Waals surface area contributed by atoms with Gasteiger partial charge in [-0.05, 0) is 34.0 Å². The Labute approximate surface area is 122 Å². The van der Waals surface area contributed by atoms with Gasteiger partial charge in [0.1, 0.15) is 5.15 Å². The van der Waals surface area contributed by atoms with Crippen LogP contribution in [0, 0.1) is 0 Å². The smallest absolute Gasteiger partial charge is 0.129 e. The van der Waals surface area contributed by atoms with Gasteiger partial charge in [-0.2, -0.15) is 0 Å². The molecule has 0 spiro atoms. The summed E-state index contributed by atoms with van der Waals surface area (Å²) >= 11 is 5.82. The van der Waals surface area contributed by atoms with Crippen LogP contribution in [0.25, 0.3) is 10.8 Å². The Morgan fingerprint density at radius 3 is 2.40 bits per heavy atom. The third-order valence-electron chi connectivity index (χ3n) is 3.36. The van der Waals surface area contributed by atoms with Crippen LogP contribution in [0.4, 0.5) is 0 Å². The normalized spacial score (nSPS) is 12.5. The molecule has 0 aliphatic heterocycles. The first-order valence-corrected chi connectivity index (χ1v) is 6.72. The molecule has 0 bridgehead atoms. The second kappa shape index (κ2) is 5.59. The SMILES string of the molecule is NNC(c1ccc(Cl)nc1)c1ccc2ccccc2c1. The van der Waals surface area contributed by atoms with Crippen LogP contribution in [0.5, 0.6) is 0 Å². The molecule has 3 N–H and O–H groups in total. The summed E-state index contributed by atoms with van der Waals surface area (Å²) in [5.41, 5.74) is 4.91. The van der Waals surface area contributed by atoms with Gasteiger partial charge in [0.15, 0.2) is 0 Å². The fourth-order valence-corrected chi connectivity index (χ4v) is 2.44. The minimum atomic E-state index is -0.107. The summed E-state index contributed by atoms with van der Waals surface area (Å²) in [5.74, 6) is 5.71. The van der Waals surface area contributed by atoms with Gasteiger partial charge in [0.05, 0.1) is 6.04 Å². The molecule has 0 aliphatic carbocycles. The maximum Gasteiger partial charge on any atom is 0.129 e. The van der Waals surface area contributed by atoms with E-state index in [9.17, 15) is 0 Å². The Hall–Kier alpha value is -1.94. The van der Waals surface area contributed by atoms with Gasteiger partial charge in [-0.25, -0.2) is 10.4 Å². The largest absolute Gasteiger partial charge is 0.271 e. The van der Waals surface area contributed by atoms with E-state index in [1.165, 1.54) is 10.8 Å². The predicted molar refractivity (Wildman–Crippen MR) is 82.4 cm³/mol. The molecule has 1 aromatic heterocycles. The number of benzene rings is 2. The minimum Gasteiger partial charge on any atom is -0.271 e. The maximum atomic E-state index is 5.82. The van der Waals surface area contributed by atoms with Crippen molar-refractivity contribution in [3.63, 3.8) is 0 Å². The lowest BCUT2D eigenvalue weighted by molar-refractivity contribution is 0.635. The summed E-state index contributed by atoms with van der Waals surface area (Å²) in [4.78, 5) is 4.11. The summed E-state index contributed by atoms with van der Waals surface area (Å²) in [5, 5.41) is 2.87. The summed E-state index contributed by atoms with van der Waals surface area (Å²) in [6.45, 7) is 0. The number of nitrogens with one attached hydrogen (secondary N) is 1. The highest BCUT2D eigenvalue weighted by molar-refractivity contribution is 6.29. The van der Waals surface area contributed by atoms with Gasteiger partial charge in [0, 0.05) is 6.20 Å². The number of hydrazine groups is 1. The van der Waals surface area contributed by atoms with Crippen molar-refractivity contribution < 1.29 is 0 Å². The third kappa shape index (κ3) is 2.51. The zero-order valence-corrected chi connectivity index (χ0v) is 11.5. The van der Waals surface area contributed by atoms with Crippen molar-refractivity contribution in [2.45, 2.75) is 6.04 Å². The number of rotatable bonds is 3. The molecular formula is C16H14ClN3. The number of aromatic nitrogens is 1. The number of hydrogen-bond acceptors (Lipinski definition) is 3. The van der Waals surface area contributed by atoms with Crippen molar-refractivity contribution in [1.82, 2.24) is 10.4 Å². The quantitative estimate of drug-likeness (QED) is 0.440. The molecule has 0 fully saturated rings. The molecule has 0 amide bonds. The van der Waals surface area contributed by atoms with Crippen molar-refractivity contribution in [3.8, 4) is 0 Å². The number of pyridine rings is 1. The van der Waals surface area contributed by atoms with Crippen LogP contribution in [-0.2, 0) is 0 Å². The van der Waals surface area contributed by atoms with E-state index in [1.54, 1.807) is 12.3 Å². The number of nitrogens with zero attached hydrogens (tertiary/aromatic N) is 1. The van der Waals surface area contributed by atoms with E-state index in [0.717, 1.165) is 11.1 Å². The summed E-state index contributed by atoms with van der Waals surface area (Å²) in [6.07, 6.45) is 1.74. The standard InChI is InChI=1S/C16H14ClN3/c17-15-8-7-14(10-19-15)16(20-18)13-6-5-11-3-1-2-4-12(11)9-13/h1-10,16,20H,18H2. The molecule has 100 valence electrons. The molecule has 0 aliphatic rings. The lowest BCUT2D eigenvalue weighted by atomic mass is 9.98. The fourth-order valence-electron chi connectivity index (χ4n) is 2.33. The van der Waals surface area contributed by atoms with Gasteiger partial charge in [0.2, 0.25) is 0 Å². The lowest BCUT2D eigenvalue weighted by Gasteiger charge is -2.17. The Bertz CT molecular complexity index is 725. The average molecular weight is 284 g/mol. The molecule has 1 unspecified atom stereocenters. The zero-order valence-electron chi connectivity index (χ0n) is 10.8. The molecule has 0 radical (unpaired) electrons. The van der Waals surface area contributed by atoms with E-state index < -0.39 is 0 Å². The predicted octanol–water partition coefficient (Wildman–Crippen LogP) is 3.44. The van der Waals surface area contributed by atoms with Crippen molar-refractivity contribution in [2.24, 2.45) is 5.84 Å². The monoisotopic (exact) mass is 283 g/mol. The van der Waals surface area contributed by atoms with Crippen LogP contribution >= 0.6 is 11.6 Å². The summed E-state index contributed by atoms with van der Waals surface area (Å²) in [6, 6.07) is 18.1. The van der Waals surface area contributed by atoms with Crippen LogP contribution in [0.3, 0.4) is 0 Å². The first-order chi connectivity index (χ1) is 9.78. The van der Waals surface area contributed by atoms with Crippen LogP contribution in [0.1, 0.15) is 17.2 Å². The molecule has 3 nitrogen and oxygen atoms in total. The number of hydrogen-bond donors (Lipinski definition) is 2. The van der Waals surface area contributed by atoms with E-state index in [-0.39, 0.29) is 6.04 Å². The van der Waals surface area contributed by atoms with E-state index in [0.29, 0.717) is 5.15 Å². The van der Waals surface area contributed by atoms with Crippen LogP contribution in [0.15, 0.2) is 60.8 Å². The molecule has 3 rings (SSSR count). The van der Waals surface area contributed by atoms with Crippen LogP contribution in [-0.4, -0.2) is 4.98 Å². The van der Waals surface area contributed by atoms with E-state index in [4.69, 9.17) is 17.4 Å². The van der Waals surface area contributed by atoms with Crippen molar-refractivity contribution >= 4 is 22.4 Å². The average Bonchev–Trinajstić information content (AvgIpc) is 2.50. The number of fused-ring (bicyclic) bond motifs is 1. The molecule has 0 saturated carbocycles. The molecular weight excluding hydrogens is 270 g/mol. The fraction of sp³-hybridized carbons (Fsp3) is 0.0625. The Kier molecular flexibility index (Phi) is 3.65. The maximum absolute atomic E-state index is 5.82. The summed E-state index contributed by atoms with van der Waals surface area (Å²) in [7, 11) is 0. The number of halogens is 1. The lowest BCUT2D eigenvalue weighted by Crippen LogP contribution is -2.28. The van der Waals surface area contributed by atoms with Gasteiger partial charge >= 0.3 is 0 Å². The Balaban J connectivity index is 2.04. The van der Waals surface area contributed by atoms with Gasteiger partial charge < -0.3 is 0 Å². The van der Waals surface area contributed by atoms with Gasteiger partial charge in [-0.1, -0.05) is 54.1 Å². The molecule has 2 aromatic carbocycles.